The number of halogens is 3. The number of hydrogen-bond acceptors (Lipinski definition) is 3. The summed E-state index contributed by atoms with van der Waals surface area (Å²) in [4.78, 5) is 4.56. The molecular formula is C15H17ClF2N2S. The van der Waals surface area contributed by atoms with E-state index in [-0.39, 0.29) is 10.7 Å². The van der Waals surface area contributed by atoms with Crippen molar-refractivity contribution in [2.24, 2.45) is 10.4 Å². The van der Waals surface area contributed by atoms with Crippen LogP contribution in [0.5, 0.6) is 0 Å². The summed E-state index contributed by atoms with van der Waals surface area (Å²) in [7, 11) is 0. The summed E-state index contributed by atoms with van der Waals surface area (Å²) >= 11 is 7.49. The molecule has 0 bridgehead atoms. The third-order valence-electron chi connectivity index (χ3n) is 4.23. The minimum atomic E-state index is -0.693. The van der Waals surface area contributed by atoms with Crippen molar-refractivity contribution in [1.82, 2.24) is 0 Å². The van der Waals surface area contributed by atoms with Gasteiger partial charge in [-0.25, -0.2) is 8.78 Å². The highest BCUT2D eigenvalue weighted by atomic mass is 35.5. The minimum Gasteiger partial charge on any atom is -0.331 e. The van der Waals surface area contributed by atoms with Gasteiger partial charge in [0.2, 0.25) is 0 Å². The van der Waals surface area contributed by atoms with Gasteiger partial charge >= 0.3 is 0 Å². The summed E-state index contributed by atoms with van der Waals surface area (Å²) in [6.07, 6.45) is 6.32. The Morgan fingerprint density at radius 2 is 1.95 bits per heavy atom. The number of amidine groups is 1. The number of aliphatic imine (C=N–C) groups is 1. The van der Waals surface area contributed by atoms with E-state index in [4.69, 9.17) is 11.6 Å². The highest BCUT2D eigenvalue weighted by molar-refractivity contribution is 8.14. The number of rotatable bonds is 1. The number of hydrogen-bond donors (Lipinski definition) is 1. The molecule has 0 amide bonds. The van der Waals surface area contributed by atoms with Crippen molar-refractivity contribution in [2.45, 2.75) is 32.1 Å². The molecule has 2 nitrogen and oxygen atoms in total. The third kappa shape index (κ3) is 3.34. The Hall–Kier alpha value is -0.810. The van der Waals surface area contributed by atoms with Crippen LogP contribution in [-0.2, 0) is 0 Å². The zero-order valence-electron chi connectivity index (χ0n) is 11.6. The number of anilines is 1. The first-order valence-corrected chi connectivity index (χ1v) is 8.53. The van der Waals surface area contributed by atoms with Crippen LogP contribution in [0.1, 0.15) is 32.1 Å². The lowest BCUT2D eigenvalue weighted by molar-refractivity contribution is 0.232. The lowest BCUT2D eigenvalue weighted by Gasteiger charge is -2.38. The van der Waals surface area contributed by atoms with Crippen molar-refractivity contribution < 1.29 is 8.78 Å². The second-order valence-electron chi connectivity index (χ2n) is 5.84. The monoisotopic (exact) mass is 330 g/mol. The van der Waals surface area contributed by atoms with E-state index in [1.165, 1.54) is 32.1 Å². The van der Waals surface area contributed by atoms with Crippen LogP contribution in [0.15, 0.2) is 17.1 Å². The standard InChI is InChI=1S/C15H17ClF2N2S/c16-11-6-10(17)7-12(18)13(11)20-14-19-8-15(9-21-14)4-2-1-3-5-15/h6-7H,1-5,8-9H2,(H,19,20). The highest BCUT2D eigenvalue weighted by Gasteiger charge is 2.35. The smallest absolute Gasteiger partial charge is 0.161 e. The first-order chi connectivity index (χ1) is 10.1. The second kappa shape index (κ2) is 6.13. The fourth-order valence-corrected chi connectivity index (χ4v) is 4.40. The average molecular weight is 331 g/mol. The molecule has 1 fully saturated rings. The van der Waals surface area contributed by atoms with Gasteiger partial charge in [-0.2, -0.15) is 0 Å². The maximum absolute atomic E-state index is 13.8. The Kier molecular flexibility index (Phi) is 4.41. The molecule has 1 N–H and O–H groups in total. The summed E-state index contributed by atoms with van der Waals surface area (Å²) in [5, 5.41) is 3.61. The van der Waals surface area contributed by atoms with E-state index < -0.39 is 11.6 Å². The topological polar surface area (TPSA) is 24.4 Å². The van der Waals surface area contributed by atoms with E-state index in [2.05, 4.69) is 10.3 Å². The van der Waals surface area contributed by atoms with Gasteiger partial charge in [0.1, 0.15) is 5.82 Å². The zero-order chi connectivity index (χ0) is 14.9. The fraction of sp³-hybridized carbons (Fsp3) is 0.533. The molecule has 1 spiro atoms. The fourth-order valence-electron chi connectivity index (χ4n) is 3.00. The Morgan fingerprint density at radius 3 is 2.57 bits per heavy atom. The molecule has 1 aromatic rings. The number of nitrogens with one attached hydrogen (secondary N) is 1. The molecule has 1 saturated carbocycles. The zero-order valence-corrected chi connectivity index (χ0v) is 13.2. The number of benzene rings is 1. The number of thioether (sulfide) groups is 1. The summed E-state index contributed by atoms with van der Waals surface area (Å²) in [5.74, 6) is -0.372. The minimum absolute atomic E-state index is 0.0359. The van der Waals surface area contributed by atoms with Crippen molar-refractivity contribution >= 4 is 34.2 Å². The quantitative estimate of drug-likeness (QED) is 0.776. The third-order valence-corrected chi connectivity index (χ3v) is 5.79. The largest absolute Gasteiger partial charge is 0.331 e. The van der Waals surface area contributed by atoms with Gasteiger partial charge < -0.3 is 5.32 Å². The SMILES string of the molecule is Fc1cc(F)c(NC2=NCC3(CCCCC3)CS2)c(Cl)c1. The molecule has 0 unspecified atom stereocenters. The van der Waals surface area contributed by atoms with E-state index in [0.717, 1.165) is 24.4 Å². The van der Waals surface area contributed by atoms with E-state index in [1.54, 1.807) is 11.8 Å². The first-order valence-electron chi connectivity index (χ1n) is 7.17. The number of nitrogens with zero attached hydrogens (tertiary/aromatic N) is 1. The van der Waals surface area contributed by atoms with Crippen LogP contribution in [0.4, 0.5) is 14.5 Å². The van der Waals surface area contributed by atoms with Gasteiger partial charge in [0.15, 0.2) is 11.0 Å². The van der Waals surface area contributed by atoms with Crippen LogP contribution < -0.4 is 5.32 Å². The normalized spacial score (nSPS) is 21.2. The molecule has 6 heteroatoms. The van der Waals surface area contributed by atoms with E-state index in [1.807, 2.05) is 0 Å². The van der Waals surface area contributed by atoms with Gasteiger partial charge in [0.25, 0.3) is 0 Å². The van der Waals surface area contributed by atoms with Crippen LogP contribution in [0.25, 0.3) is 0 Å². The maximum Gasteiger partial charge on any atom is 0.161 e. The van der Waals surface area contributed by atoms with Crippen LogP contribution in [0.3, 0.4) is 0 Å². The molecule has 1 aromatic carbocycles. The molecule has 0 aromatic heterocycles. The molecular weight excluding hydrogens is 314 g/mol. The summed E-state index contributed by atoms with van der Waals surface area (Å²) < 4.78 is 26.8. The average Bonchev–Trinajstić information content (AvgIpc) is 2.46. The van der Waals surface area contributed by atoms with Gasteiger partial charge in [-0.1, -0.05) is 42.6 Å². The molecule has 0 atom stereocenters. The molecule has 3 rings (SSSR count). The van der Waals surface area contributed by atoms with Crippen molar-refractivity contribution in [3.05, 3.63) is 28.8 Å². The van der Waals surface area contributed by atoms with Gasteiger partial charge in [-0.05, 0) is 24.3 Å². The predicted molar refractivity (Wildman–Crippen MR) is 85.3 cm³/mol. The molecule has 1 aliphatic heterocycles. The van der Waals surface area contributed by atoms with Crippen molar-refractivity contribution in [2.75, 3.05) is 17.6 Å². The summed E-state index contributed by atoms with van der Waals surface area (Å²) in [6, 6.07) is 1.93. The maximum atomic E-state index is 13.8. The van der Waals surface area contributed by atoms with Gasteiger partial charge in [0, 0.05) is 18.4 Å². The molecule has 114 valence electrons. The van der Waals surface area contributed by atoms with Crippen molar-refractivity contribution in [3.8, 4) is 0 Å². The second-order valence-corrected chi connectivity index (χ2v) is 7.21. The molecule has 0 saturated heterocycles. The molecule has 2 aliphatic rings. The van der Waals surface area contributed by atoms with Gasteiger partial charge in [-0.3, -0.25) is 4.99 Å². The lowest BCUT2D eigenvalue weighted by Crippen LogP contribution is -2.35. The van der Waals surface area contributed by atoms with Crippen LogP contribution >= 0.6 is 23.4 Å². The molecule has 1 heterocycles. The van der Waals surface area contributed by atoms with Crippen LogP contribution in [0.2, 0.25) is 5.02 Å². The Labute approximate surface area is 132 Å². The Balaban J connectivity index is 1.72. The van der Waals surface area contributed by atoms with Gasteiger partial charge in [-0.15, -0.1) is 0 Å². The van der Waals surface area contributed by atoms with E-state index >= 15 is 0 Å². The summed E-state index contributed by atoms with van der Waals surface area (Å²) in [6.45, 7) is 0.781. The predicted octanol–water partition coefficient (Wildman–Crippen LogP) is 5.08. The van der Waals surface area contributed by atoms with E-state index in [9.17, 15) is 8.78 Å². The molecule has 1 aliphatic carbocycles. The van der Waals surface area contributed by atoms with Crippen molar-refractivity contribution in [1.29, 1.82) is 0 Å². The summed E-state index contributed by atoms with van der Waals surface area (Å²) in [5.41, 5.74) is 0.420. The Morgan fingerprint density at radius 1 is 1.19 bits per heavy atom. The Bertz CT molecular complexity index is 548. The van der Waals surface area contributed by atoms with E-state index in [0.29, 0.717) is 10.6 Å². The van der Waals surface area contributed by atoms with Crippen molar-refractivity contribution in [3.63, 3.8) is 0 Å². The molecule has 21 heavy (non-hydrogen) atoms. The molecule has 0 radical (unpaired) electrons. The lowest BCUT2D eigenvalue weighted by atomic mass is 9.75. The van der Waals surface area contributed by atoms with Crippen LogP contribution in [-0.4, -0.2) is 17.5 Å². The van der Waals surface area contributed by atoms with Crippen LogP contribution in [0, 0.1) is 17.0 Å². The first kappa shape index (κ1) is 15.1. The highest BCUT2D eigenvalue weighted by Crippen LogP contribution is 2.42. The van der Waals surface area contributed by atoms with Gasteiger partial charge in [0.05, 0.1) is 10.7 Å².